The summed E-state index contributed by atoms with van der Waals surface area (Å²) >= 11 is 0. The number of benzene rings is 3. The zero-order chi connectivity index (χ0) is 22.6. The van der Waals surface area contributed by atoms with Crippen molar-refractivity contribution >= 4 is 11.8 Å². The molecule has 0 aliphatic rings. The van der Waals surface area contributed by atoms with Gasteiger partial charge in [-0.15, -0.1) is 0 Å². The Morgan fingerprint density at radius 1 is 0.875 bits per heavy atom. The summed E-state index contributed by atoms with van der Waals surface area (Å²) in [5.74, 6) is -0.184. The first-order valence-corrected chi connectivity index (χ1v) is 10.6. The first-order valence-electron chi connectivity index (χ1n) is 10.6. The van der Waals surface area contributed by atoms with Gasteiger partial charge in [0.1, 0.15) is 12.4 Å². The molecule has 0 aromatic heterocycles. The van der Waals surface area contributed by atoms with Crippen LogP contribution in [-0.2, 0) is 24.4 Å². The third-order valence-electron chi connectivity index (χ3n) is 4.88. The number of carbonyl (C=O) groups is 2. The van der Waals surface area contributed by atoms with Gasteiger partial charge in [-0.05, 0) is 35.2 Å². The van der Waals surface area contributed by atoms with E-state index in [0.717, 1.165) is 12.1 Å². The molecule has 0 heterocycles. The maximum absolute atomic E-state index is 12.1. The number of hydrogen-bond donors (Lipinski definition) is 3. The third-order valence-corrected chi connectivity index (χ3v) is 4.88. The molecule has 2 amide bonds. The van der Waals surface area contributed by atoms with Crippen LogP contribution in [0, 0.1) is 6.42 Å². The van der Waals surface area contributed by atoms with Gasteiger partial charge in [0, 0.05) is 25.2 Å². The summed E-state index contributed by atoms with van der Waals surface area (Å²) in [6, 6.07) is 25.0. The van der Waals surface area contributed by atoms with Gasteiger partial charge < -0.3 is 21.1 Å². The fraction of sp³-hybridized carbons (Fsp3) is 0.192. The molecule has 4 N–H and O–H groups in total. The minimum atomic E-state index is -0.552. The van der Waals surface area contributed by atoms with Gasteiger partial charge >= 0.3 is 0 Å². The first-order chi connectivity index (χ1) is 15.6. The molecule has 3 aromatic rings. The molecule has 3 rings (SSSR count). The highest BCUT2D eigenvalue weighted by Crippen LogP contribution is 2.20. The molecular formula is C26H28N3O3. The Bertz CT molecular complexity index is 1010. The Morgan fingerprint density at radius 2 is 1.56 bits per heavy atom. The van der Waals surface area contributed by atoms with Crippen molar-refractivity contribution in [1.82, 2.24) is 10.6 Å². The van der Waals surface area contributed by atoms with Crippen molar-refractivity contribution in [2.75, 3.05) is 13.1 Å². The van der Waals surface area contributed by atoms with Gasteiger partial charge in [-0.25, -0.2) is 0 Å². The van der Waals surface area contributed by atoms with Crippen LogP contribution in [0.3, 0.4) is 0 Å². The number of nitrogens with two attached hydrogens (primary N) is 1. The summed E-state index contributed by atoms with van der Waals surface area (Å²) in [7, 11) is 0. The van der Waals surface area contributed by atoms with Gasteiger partial charge in [0.05, 0.1) is 6.42 Å². The van der Waals surface area contributed by atoms with E-state index in [4.69, 9.17) is 10.5 Å². The second-order valence-corrected chi connectivity index (χ2v) is 7.32. The predicted octanol–water partition coefficient (Wildman–Crippen LogP) is 3.02. The average molecular weight is 431 g/mol. The van der Waals surface area contributed by atoms with Crippen LogP contribution in [0.25, 0.3) is 0 Å². The van der Waals surface area contributed by atoms with Crippen molar-refractivity contribution in [2.24, 2.45) is 5.73 Å². The molecule has 0 saturated heterocycles. The van der Waals surface area contributed by atoms with Gasteiger partial charge in [0.15, 0.2) is 0 Å². The van der Waals surface area contributed by atoms with Crippen molar-refractivity contribution in [3.8, 4) is 5.75 Å². The molecule has 32 heavy (non-hydrogen) atoms. The minimum Gasteiger partial charge on any atom is -0.489 e. The highest BCUT2D eigenvalue weighted by Gasteiger charge is 2.12. The van der Waals surface area contributed by atoms with Gasteiger partial charge in [0.2, 0.25) is 11.8 Å². The minimum absolute atomic E-state index is 0.189. The van der Waals surface area contributed by atoms with E-state index < -0.39 is 5.91 Å². The predicted molar refractivity (Wildman–Crippen MR) is 125 cm³/mol. The summed E-state index contributed by atoms with van der Waals surface area (Å²) in [4.78, 5) is 24.0. The van der Waals surface area contributed by atoms with Crippen molar-refractivity contribution in [2.45, 2.75) is 19.6 Å². The molecule has 6 heteroatoms. The van der Waals surface area contributed by atoms with Crippen LogP contribution in [-0.4, -0.2) is 24.9 Å². The molecule has 0 aliphatic carbocycles. The molecule has 6 nitrogen and oxygen atoms in total. The zero-order valence-corrected chi connectivity index (χ0v) is 17.9. The van der Waals surface area contributed by atoms with Crippen molar-refractivity contribution in [1.29, 1.82) is 0 Å². The Kier molecular flexibility index (Phi) is 8.83. The lowest BCUT2D eigenvalue weighted by atomic mass is 10.0. The third kappa shape index (κ3) is 7.56. The number of nitrogens with one attached hydrogen (secondary N) is 2. The monoisotopic (exact) mass is 430 g/mol. The SMILES string of the molecule is NC(=O)c1cc(OCc2ccccc2)ccc1C[CH]C(=O)NCCNCc1ccccc1. The van der Waals surface area contributed by atoms with Crippen LogP contribution in [0.4, 0.5) is 0 Å². The van der Waals surface area contributed by atoms with Gasteiger partial charge in [0.25, 0.3) is 0 Å². The second kappa shape index (κ2) is 12.3. The standard InChI is InChI=1S/C26H28N3O3/c27-26(31)24-17-23(32-19-21-9-5-2-6-10-21)13-11-22(24)12-14-25(30)29-16-15-28-18-20-7-3-1-4-8-20/h1-11,13-14,17,28H,12,15-16,18-19H2,(H2,27,31)(H,29,30). The average Bonchev–Trinajstić information content (AvgIpc) is 2.82. The maximum Gasteiger partial charge on any atom is 0.249 e. The van der Waals surface area contributed by atoms with E-state index in [1.165, 1.54) is 12.0 Å². The number of amides is 2. The summed E-state index contributed by atoms with van der Waals surface area (Å²) in [5.41, 5.74) is 8.80. The van der Waals surface area contributed by atoms with E-state index in [-0.39, 0.29) is 5.91 Å². The number of ether oxygens (including phenoxy) is 1. The maximum atomic E-state index is 12.1. The fourth-order valence-electron chi connectivity index (χ4n) is 3.17. The van der Waals surface area contributed by atoms with E-state index in [2.05, 4.69) is 10.6 Å². The summed E-state index contributed by atoms with van der Waals surface area (Å²) in [5, 5.41) is 6.12. The number of rotatable bonds is 12. The molecule has 1 radical (unpaired) electrons. The highest BCUT2D eigenvalue weighted by molar-refractivity contribution is 5.95. The van der Waals surface area contributed by atoms with Crippen LogP contribution in [0.15, 0.2) is 78.9 Å². The summed E-state index contributed by atoms with van der Waals surface area (Å²) < 4.78 is 5.77. The Labute approximate surface area is 188 Å². The first kappa shape index (κ1) is 23.0. The van der Waals surface area contributed by atoms with Crippen LogP contribution in [0.5, 0.6) is 5.75 Å². The van der Waals surface area contributed by atoms with E-state index in [9.17, 15) is 9.59 Å². The van der Waals surface area contributed by atoms with E-state index >= 15 is 0 Å². The van der Waals surface area contributed by atoms with Crippen LogP contribution < -0.4 is 21.1 Å². The number of carbonyl (C=O) groups excluding carboxylic acids is 2. The Morgan fingerprint density at radius 3 is 2.25 bits per heavy atom. The quantitative estimate of drug-likeness (QED) is 0.385. The smallest absolute Gasteiger partial charge is 0.249 e. The molecule has 0 saturated carbocycles. The molecule has 0 bridgehead atoms. The lowest BCUT2D eigenvalue weighted by Crippen LogP contribution is -2.32. The molecule has 3 aromatic carbocycles. The molecule has 0 spiro atoms. The van der Waals surface area contributed by atoms with E-state index in [1.54, 1.807) is 18.2 Å². The van der Waals surface area contributed by atoms with Crippen LogP contribution in [0.2, 0.25) is 0 Å². The molecule has 165 valence electrons. The Balaban J connectivity index is 1.43. The Hall–Kier alpha value is -3.64. The molecule has 0 aliphatic heterocycles. The zero-order valence-electron chi connectivity index (χ0n) is 17.9. The second-order valence-electron chi connectivity index (χ2n) is 7.32. The van der Waals surface area contributed by atoms with Gasteiger partial charge in [-0.3, -0.25) is 9.59 Å². The van der Waals surface area contributed by atoms with Crippen molar-refractivity contribution < 1.29 is 14.3 Å². The van der Waals surface area contributed by atoms with Crippen LogP contribution >= 0.6 is 0 Å². The lowest BCUT2D eigenvalue weighted by Gasteiger charge is -2.11. The van der Waals surface area contributed by atoms with Crippen LogP contribution in [0.1, 0.15) is 27.0 Å². The molecular weight excluding hydrogens is 402 g/mol. The number of primary amides is 1. The topological polar surface area (TPSA) is 93.5 Å². The molecule has 0 atom stereocenters. The van der Waals surface area contributed by atoms with Crippen molar-refractivity contribution in [3.63, 3.8) is 0 Å². The molecule has 0 unspecified atom stereocenters. The van der Waals surface area contributed by atoms with E-state index in [0.29, 0.717) is 43.0 Å². The largest absolute Gasteiger partial charge is 0.489 e. The summed E-state index contributed by atoms with van der Waals surface area (Å²) in [6.07, 6.45) is 1.82. The lowest BCUT2D eigenvalue weighted by molar-refractivity contribution is -0.117. The van der Waals surface area contributed by atoms with Gasteiger partial charge in [-0.2, -0.15) is 0 Å². The van der Waals surface area contributed by atoms with E-state index in [1.807, 2.05) is 60.7 Å². The fourth-order valence-corrected chi connectivity index (χ4v) is 3.17. The summed E-state index contributed by atoms with van der Waals surface area (Å²) in [6.45, 7) is 2.32. The van der Waals surface area contributed by atoms with Gasteiger partial charge in [-0.1, -0.05) is 66.7 Å². The normalized spacial score (nSPS) is 10.5. The number of hydrogen-bond acceptors (Lipinski definition) is 4. The van der Waals surface area contributed by atoms with Crippen molar-refractivity contribution in [3.05, 3.63) is 108 Å². The highest BCUT2D eigenvalue weighted by atomic mass is 16.5. The molecule has 0 fully saturated rings.